The molecule has 2 rings (SSSR count). The Hall–Kier alpha value is -2.16. The van der Waals surface area contributed by atoms with Crippen molar-refractivity contribution in [2.45, 2.75) is 18.7 Å². The molecular weight excluding hydrogens is 348 g/mol. The minimum atomic E-state index is -3.83. The number of hydrogen-bond acceptors (Lipinski definition) is 5. The van der Waals surface area contributed by atoms with Gasteiger partial charge in [-0.2, -0.15) is 0 Å². The van der Waals surface area contributed by atoms with Crippen molar-refractivity contribution in [1.29, 1.82) is 0 Å². The van der Waals surface area contributed by atoms with E-state index < -0.39 is 15.9 Å². The van der Waals surface area contributed by atoms with Crippen molar-refractivity contribution in [3.63, 3.8) is 0 Å². The highest BCUT2D eigenvalue weighted by molar-refractivity contribution is 7.89. The molecule has 8 heteroatoms. The van der Waals surface area contributed by atoms with Crippen LogP contribution in [0.25, 0.3) is 6.08 Å². The number of nitrogens with one attached hydrogen (secondary N) is 2. The molecule has 0 bridgehead atoms. The second-order valence-corrected chi connectivity index (χ2v) is 7.78. The van der Waals surface area contributed by atoms with Gasteiger partial charge in [0.25, 0.3) is 15.9 Å². The van der Waals surface area contributed by atoms with Crippen LogP contribution in [0.4, 0.5) is 0 Å². The average Bonchev–Trinajstić information content (AvgIpc) is 2.97. The first-order valence-electron chi connectivity index (χ1n) is 7.20. The summed E-state index contributed by atoms with van der Waals surface area (Å²) in [6.45, 7) is 4.30. The van der Waals surface area contributed by atoms with Crippen molar-refractivity contribution in [3.05, 3.63) is 52.2 Å². The lowest BCUT2D eigenvalue weighted by molar-refractivity contribution is -0.116. The van der Waals surface area contributed by atoms with Gasteiger partial charge in [0, 0.05) is 15.8 Å². The summed E-state index contributed by atoms with van der Waals surface area (Å²) in [5.74, 6) is 0.0187. The van der Waals surface area contributed by atoms with Crippen LogP contribution in [0.5, 0.6) is 5.75 Å². The number of thiophene rings is 1. The summed E-state index contributed by atoms with van der Waals surface area (Å²) in [6, 6.07) is 9.75. The van der Waals surface area contributed by atoms with Gasteiger partial charge in [-0.25, -0.2) is 8.42 Å². The third-order valence-electron chi connectivity index (χ3n) is 2.91. The molecule has 1 aromatic carbocycles. The maximum Gasteiger partial charge on any atom is 0.258 e. The van der Waals surface area contributed by atoms with Crippen molar-refractivity contribution in [1.82, 2.24) is 10.3 Å². The van der Waals surface area contributed by atoms with E-state index in [0.717, 1.165) is 9.75 Å². The molecule has 0 aliphatic rings. The lowest BCUT2D eigenvalue weighted by Gasteiger charge is -2.08. The Morgan fingerprint density at radius 1 is 1.21 bits per heavy atom. The SMILES string of the molecule is CCOc1ccc(S(=O)(=O)NNC(=O)/C=C/c2ccc(C)s2)cc1. The number of ether oxygens (including phenoxy) is 1. The van der Waals surface area contributed by atoms with Crippen molar-refractivity contribution in [2.75, 3.05) is 6.61 Å². The molecule has 0 saturated carbocycles. The Kier molecular flexibility index (Phi) is 6.13. The monoisotopic (exact) mass is 366 g/mol. The van der Waals surface area contributed by atoms with Crippen LogP contribution >= 0.6 is 11.3 Å². The highest BCUT2D eigenvalue weighted by atomic mass is 32.2. The molecule has 0 radical (unpaired) electrons. The van der Waals surface area contributed by atoms with E-state index in [4.69, 9.17) is 4.74 Å². The van der Waals surface area contributed by atoms with E-state index in [-0.39, 0.29) is 4.90 Å². The number of hydrogen-bond donors (Lipinski definition) is 2. The van der Waals surface area contributed by atoms with Crippen molar-refractivity contribution in [3.8, 4) is 5.75 Å². The Balaban J connectivity index is 1.94. The van der Waals surface area contributed by atoms with Gasteiger partial charge in [-0.3, -0.25) is 10.2 Å². The van der Waals surface area contributed by atoms with E-state index in [0.29, 0.717) is 12.4 Å². The number of hydrazine groups is 1. The molecule has 2 aromatic rings. The van der Waals surface area contributed by atoms with Crippen LogP contribution in [0.3, 0.4) is 0 Å². The number of amides is 1. The van der Waals surface area contributed by atoms with Crippen LogP contribution in [-0.2, 0) is 14.8 Å². The van der Waals surface area contributed by atoms with E-state index in [1.165, 1.54) is 29.5 Å². The van der Waals surface area contributed by atoms with Crippen LogP contribution in [0.2, 0.25) is 0 Å². The molecular formula is C16H18N2O4S2. The van der Waals surface area contributed by atoms with Gasteiger partial charge in [0.05, 0.1) is 11.5 Å². The largest absolute Gasteiger partial charge is 0.494 e. The fraction of sp³-hybridized carbons (Fsp3) is 0.188. The highest BCUT2D eigenvalue weighted by Gasteiger charge is 2.14. The number of benzene rings is 1. The topological polar surface area (TPSA) is 84.5 Å². The van der Waals surface area contributed by atoms with Gasteiger partial charge in [-0.1, -0.05) is 0 Å². The maximum atomic E-state index is 12.1. The first kappa shape index (κ1) is 18.2. The van der Waals surface area contributed by atoms with Crippen LogP contribution in [-0.4, -0.2) is 20.9 Å². The number of aryl methyl sites for hydroxylation is 1. The first-order chi connectivity index (χ1) is 11.4. The molecule has 128 valence electrons. The van der Waals surface area contributed by atoms with Crippen LogP contribution in [0, 0.1) is 6.92 Å². The van der Waals surface area contributed by atoms with Gasteiger partial charge in [0.15, 0.2) is 0 Å². The summed E-state index contributed by atoms with van der Waals surface area (Å²) < 4.78 is 29.4. The Bertz CT molecular complexity index is 824. The highest BCUT2D eigenvalue weighted by Crippen LogP contribution is 2.16. The molecule has 0 atom stereocenters. The smallest absolute Gasteiger partial charge is 0.258 e. The van der Waals surface area contributed by atoms with Gasteiger partial charge in [0.1, 0.15) is 5.75 Å². The normalized spacial score (nSPS) is 11.6. The Morgan fingerprint density at radius 3 is 2.50 bits per heavy atom. The predicted molar refractivity (Wildman–Crippen MR) is 94.2 cm³/mol. The summed E-state index contributed by atoms with van der Waals surface area (Å²) in [7, 11) is -3.83. The molecule has 0 unspecified atom stereocenters. The lowest BCUT2D eigenvalue weighted by atomic mass is 10.3. The van der Waals surface area contributed by atoms with Crippen molar-refractivity contribution in [2.24, 2.45) is 0 Å². The fourth-order valence-corrected chi connectivity index (χ4v) is 3.43. The quantitative estimate of drug-likeness (QED) is 0.582. The maximum absolute atomic E-state index is 12.1. The number of rotatable bonds is 7. The summed E-state index contributed by atoms with van der Waals surface area (Å²) in [5.41, 5.74) is 2.15. The third-order valence-corrected chi connectivity index (χ3v) is 5.14. The minimum absolute atomic E-state index is 0.0316. The molecule has 1 aromatic heterocycles. The van der Waals surface area contributed by atoms with E-state index in [2.05, 4.69) is 10.3 Å². The molecule has 0 spiro atoms. The third kappa shape index (κ3) is 5.19. The second kappa shape index (κ2) is 8.09. The van der Waals surface area contributed by atoms with Gasteiger partial charge >= 0.3 is 0 Å². The Morgan fingerprint density at radius 2 is 1.92 bits per heavy atom. The number of carbonyl (C=O) groups excluding carboxylic acids is 1. The average molecular weight is 366 g/mol. The molecule has 24 heavy (non-hydrogen) atoms. The second-order valence-electron chi connectivity index (χ2n) is 4.78. The van der Waals surface area contributed by atoms with Gasteiger partial charge < -0.3 is 4.74 Å². The summed E-state index contributed by atoms with van der Waals surface area (Å²) in [4.78, 5) is 15.8. The summed E-state index contributed by atoms with van der Waals surface area (Å²) in [6.07, 6.45) is 2.89. The van der Waals surface area contributed by atoms with E-state index in [9.17, 15) is 13.2 Å². The van der Waals surface area contributed by atoms with Gasteiger partial charge in [-0.15, -0.1) is 16.2 Å². The van der Waals surface area contributed by atoms with Crippen molar-refractivity contribution < 1.29 is 17.9 Å². The zero-order chi connectivity index (χ0) is 17.6. The minimum Gasteiger partial charge on any atom is -0.494 e. The molecule has 0 aliphatic heterocycles. The molecule has 1 heterocycles. The van der Waals surface area contributed by atoms with E-state index >= 15 is 0 Å². The zero-order valence-electron chi connectivity index (χ0n) is 13.3. The fourth-order valence-electron chi connectivity index (χ4n) is 1.80. The van der Waals surface area contributed by atoms with Crippen LogP contribution in [0.1, 0.15) is 16.7 Å². The molecule has 0 saturated heterocycles. The van der Waals surface area contributed by atoms with Gasteiger partial charge in [-0.05, 0) is 56.3 Å². The van der Waals surface area contributed by atoms with E-state index in [1.54, 1.807) is 18.2 Å². The van der Waals surface area contributed by atoms with Crippen molar-refractivity contribution >= 4 is 33.3 Å². The number of carbonyl (C=O) groups is 1. The van der Waals surface area contributed by atoms with Crippen LogP contribution < -0.4 is 15.0 Å². The molecule has 0 aliphatic carbocycles. The van der Waals surface area contributed by atoms with E-state index in [1.807, 2.05) is 26.0 Å². The summed E-state index contributed by atoms with van der Waals surface area (Å²) in [5, 5.41) is 0. The molecule has 0 fully saturated rings. The Labute approximate surface area is 145 Å². The van der Waals surface area contributed by atoms with Crippen LogP contribution in [0.15, 0.2) is 47.4 Å². The molecule has 6 nitrogen and oxygen atoms in total. The number of sulfonamides is 1. The molecule has 2 N–H and O–H groups in total. The lowest BCUT2D eigenvalue weighted by Crippen LogP contribution is -2.40. The first-order valence-corrected chi connectivity index (χ1v) is 9.50. The van der Waals surface area contributed by atoms with Gasteiger partial charge in [0.2, 0.25) is 0 Å². The standard InChI is InChI=1S/C16H18N2O4S2/c1-3-22-13-5-9-15(10-6-13)24(20,21)18-17-16(19)11-8-14-7-4-12(2)23-14/h4-11,18H,3H2,1-2H3,(H,17,19)/b11-8+. The predicted octanol–water partition coefficient (Wildman–Crippen LogP) is 2.48. The summed E-state index contributed by atoms with van der Waals surface area (Å²) >= 11 is 1.54. The molecule has 1 amide bonds. The zero-order valence-corrected chi connectivity index (χ0v) is 14.9.